The minimum Gasteiger partial charge on any atom is -0.460 e. The van der Waals surface area contributed by atoms with Gasteiger partial charge >= 0.3 is 0 Å². The largest absolute Gasteiger partial charge is 0.460 e. The second kappa shape index (κ2) is 4.69. The number of nitrogens with zero attached hydrogens (tertiary/aromatic N) is 3. The van der Waals surface area contributed by atoms with Gasteiger partial charge in [0.1, 0.15) is 11.6 Å². The van der Waals surface area contributed by atoms with Crippen LogP contribution in [0.15, 0.2) is 28.9 Å². The van der Waals surface area contributed by atoms with E-state index in [0.717, 1.165) is 29.9 Å². The highest BCUT2D eigenvalue weighted by molar-refractivity contribution is 5.93. The summed E-state index contributed by atoms with van der Waals surface area (Å²) in [6.07, 6.45) is 5.50. The molecular weight excluding hydrogens is 280 g/mol. The van der Waals surface area contributed by atoms with E-state index in [0.29, 0.717) is 17.3 Å². The Bertz CT molecular complexity index is 874. The first-order chi connectivity index (χ1) is 10.6. The summed E-state index contributed by atoms with van der Waals surface area (Å²) in [7, 11) is 0. The molecule has 1 saturated carbocycles. The second-order valence-electron chi connectivity index (χ2n) is 5.74. The quantitative estimate of drug-likeness (QED) is 0.806. The van der Waals surface area contributed by atoms with Crippen molar-refractivity contribution in [3.63, 3.8) is 0 Å². The standard InChI is InChI=1S/C16H16N4O2/c1-9-7-17-15-14(12-6-3-10(2)22-12)18-13(8-20(9)15)19-16(21)11-4-5-11/h3,6-8,11H,4-5H2,1-2H3,(H,19,21). The first kappa shape index (κ1) is 13.1. The normalized spacial score (nSPS) is 14.5. The molecule has 1 aliphatic rings. The molecule has 1 fully saturated rings. The van der Waals surface area contributed by atoms with Crippen molar-refractivity contribution < 1.29 is 9.21 Å². The van der Waals surface area contributed by atoms with E-state index in [1.807, 2.05) is 30.4 Å². The molecule has 0 unspecified atom stereocenters. The number of rotatable bonds is 3. The Kier molecular flexibility index (Phi) is 2.79. The molecule has 0 saturated heterocycles. The lowest BCUT2D eigenvalue weighted by atomic mass is 10.3. The lowest BCUT2D eigenvalue weighted by molar-refractivity contribution is -0.117. The van der Waals surface area contributed by atoms with Crippen LogP contribution in [0.25, 0.3) is 17.1 Å². The maximum atomic E-state index is 12.0. The molecule has 112 valence electrons. The zero-order valence-electron chi connectivity index (χ0n) is 12.5. The fourth-order valence-corrected chi connectivity index (χ4v) is 2.47. The van der Waals surface area contributed by atoms with Crippen LogP contribution in [0.2, 0.25) is 0 Å². The number of carbonyl (C=O) groups excluding carboxylic acids is 1. The lowest BCUT2D eigenvalue weighted by Gasteiger charge is -2.08. The van der Waals surface area contributed by atoms with Gasteiger partial charge in [0.25, 0.3) is 0 Å². The fraction of sp³-hybridized carbons (Fsp3) is 0.312. The Morgan fingerprint density at radius 2 is 2.18 bits per heavy atom. The molecule has 4 rings (SSSR count). The summed E-state index contributed by atoms with van der Waals surface area (Å²) in [5.41, 5.74) is 2.33. The van der Waals surface area contributed by atoms with Gasteiger partial charge in [-0.15, -0.1) is 0 Å². The number of imidazole rings is 1. The predicted molar refractivity (Wildman–Crippen MR) is 81.5 cm³/mol. The molecule has 3 heterocycles. The highest BCUT2D eigenvalue weighted by Gasteiger charge is 2.30. The highest BCUT2D eigenvalue weighted by Crippen LogP contribution is 2.31. The van der Waals surface area contributed by atoms with Crippen molar-refractivity contribution in [2.75, 3.05) is 5.32 Å². The monoisotopic (exact) mass is 296 g/mol. The number of aryl methyl sites for hydroxylation is 2. The van der Waals surface area contributed by atoms with E-state index in [1.165, 1.54) is 0 Å². The van der Waals surface area contributed by atoms with E-state index in [9.17, 15) is 4.79 Å². The number of hydrogen-bond donors (Lipinski definition) is 1. The predicted octanol–water partition coefficient (Wildman–Crippen LogP) is 2.95. The van der Waals surface area contributed by atoms with E-state index < -0.39 is 0 Å². The number of anilines is 1. The highest BCUT2D eigenvalue weighted by atomic mass is 16.3. The van der Waals surface area contributed by atoms with Crippen molar-refractivity contribution >= 4 is 17.4 Å². The topological polar surface area (TPSA) is 72.4 Å². The van der Waals surface area contributed by atoms with Crippen molar-refractivity contribution in [2.45, 2.75) is 26.7 Å². The van der Waals surface area contributed by atoms with Crippen LogP contribution in [0.1, 0.15) is 24.3 Å². The average Bonchev–Trinajstić information content (AvgIpc) is 3.17. The zero-order valence-corrected chi connectivity index (χ0v) is 12.5. The summed E-state index contributed by atoms with van der Waals surface area (Å²) >= 11 is 0. The maximum Gasteiger partial charge on any atom is 0.228 e. The van der Waals surface area contributed by atoms with Crippen LogP contribution in [-0.2, 0) is 4.79 Å². The second-order valence-corrected chi connectivity index (χ2v) is 5.74. The molecule has 0 atom stereocenters. The number of hydrogen-bond acceptors (Lipinski definition) is 4. The van der Waals surface area contributed by atoms with Crippen LogP contribution in [0.5, 0.6) is 0 Å². The van der Waals surface area contributed by atoms with Gasteiger partial charge in [-0.25, -0.2) is 9.97 Å². The van der Waals surface area contributed by atoms with Gasteiger partial charge in [0.15, 0.2) is 17.1 Å². The summed E-state index contributed by atoms with van der Waals surface area (Å²) in [5.74, 6) is 2.15. The molecule has 0 bridgehead atoms. The molecule has 0 aromatic carbocycles. The van der Waals surface area contributed by atoms with Crippen LogP contribution < -0.4 is 5.32 Å². The molecule has 3 aromatic heterocycles. The average molecular weight is 296 g/mol. The summed E-state index contributed by atoms with van der Waals surface area (Å²) in [6.45, 7) is 3.85. The van der Waals surface area contributed by atoms with Crippen molar-refractivity contribution in [2.24, 2.45) is 5.92 Å². The third-order valence-corrected chi connectivity index (χ3v) is 3.85. The van der Waals surface area contributed by atoms with E-state index in [4.69, 9.17) is 4.42 Å². The van der Waals surface area contributed by atoms with Gasteiger partial charge in [-0.1, -0.05) is 0 Å². The van der Waals surface area contributed by atoms with Crippen LogP contribution in [0.4, 0.5) is 5.82 Å². The molecule has 6 heteroatoms. The molecule has 0 spiro atoms. The molecular formula is C16H16N4O2. The molecule has 1 aliphatic carbocycles. The number of carbonyl (C=O) groups is 1. The van der Waals surface area contributed by atoms with E-state index in [2.05, 4.69) is 15.3 Å². The lowest BCUT2D eigenvalue weighted by Crippen LogP contribution is -2.15. The van der Waals surface area contributed by atoms with Gasteiger partial charge in [-0.2, -0.15) is 0 Å². The summed E-state index contributed by atoms with van der Waals surface area (Å²) in [4.78, 5) is 20.9. The number of aromatic nitrogens is 3. The third kappa shape index (κ3) is 2.16. The van der Waals surface area contributed by atoms with Crippen molar-refractivity contribution in [3.05, 3.63) is 36.0 Å². The van der Waals surface area contributed by atoms with Crippen LogP contribution in [-0.4, -0.2) is 20.3 Å². The Balaban J connectivity index is 1.84. The van der Waals surface area contributed by atoms with Gasteiger partial charge < -0.3 is 9.73 Å². The van der Waals surface area contributed by atoms with Gasteiger partial charge in [0.05, 0.1) is 6.20 Å². The number of nitrogens with one attached hydrogen (secondary N) is 1. The van der Waals surface area contributed by atoms with Gasteiger partial charge in [-0.3, -0.25) is 9.20 Å². The Hall–Kier alpha value is -2.63. The Morgan fingerprint density at radius 1 is 1.36 bits per heavy atom. The van der Waals surface area contributed by atoms with Crippen molar-refractivity contribution in [1.29, 1.82) is 0 Å². The van der Waals surface area contributed by atoms with Gasteiger partial charge in [0, 0.05) is 17.8 Å². The third-order valence-electron chi connectivity index (χ3n) is 3.85. The van der Waals surface area contributed by atoms with E-state index >= 15 is 0 Å². The van der Waals surface area contributed by atoms with Crippen LogP contribution >= 0.6 is 0 Å². The smallest absolute Gasteiger partial charge is 0.228 e. The summed E-state index contributed by atoms with van der Waals surface area (Å²) in [6, 6.07) is 3.76. The van der Waals surface area contributed by atoms with Gasteiger partial charge in [0.2, 0.25) is 5.91 Å². The van der Waals surface area contributed by atoms with E-state index in [-0.39, 0.29) is 11.8 Å². The molecule has 0 aliphatic heterocycles. The fourth-order valence-electron chi connectivity index (χ4n) is 2.47. The zero-order chi connectivity index (χ0) is 15.3. The molecule has 1 N–H and O–H groups in total. The Labute approximate surface area is 127 Å². The number of fused-ring (bicyclic) bond motifs is 1. The van der Waals surface area contributed by atoms with Crippen LogP contribution in [0, 0.1) is 19.8 Å². The SMILES string of the molecule is Cc1ccc(-c2nc(NC(=O)C3CC3)cn3c(C)cnc23)o1. The van der Waals surface area contributed by atoms with E-state index in [1.54, 1.807) is 12.4 Å². The Morgan fingerprint density at radius 3 is 2.86 bits per heavy atom. The number of furan rings is 1. The summed E-state index contributed by atoms with van der Waals surface area (Å²) < 4.78 is 7.60. The molecule has 3 aromatic rings. The first-order valence-corrected chi connectivity index (χ1v) is 7.34. The molecule has 1 amide bonds. The van der Waals surface area contributed by atoms with Crippen molar-refractivity contribution in [3.8, 4) is 11.5 Å². The maximum absolute atomic E-state index is 12.0. The summed E-state index contributed by atoms with van der Waals surface area (Å²) in [5, 5.41) is 2.89. The minimum absolute atomic E-state index is 0.0335. The van der Waals surface area contributed by atoms with Crippen LogP contribution in [0.3, 0.4) is 0 Å². The first-order valence-electron chi connectivity index (χ1n) is 7.34. The minimum atomic E-state index is 0.0335. The molecule has 0 radical (unpaired) electrons. The van der Waals surface area contributed by atoms with Gasteiger partial charge in [-0.05, 0) is 38.8 Å². The van der Waals surface area contributed by atoms with Crippen molar-refractivity contribution in [1.82, 2.24) is 14.4 Å². The molecule has 22 heavy (non-hydrogen) atoms. The number of amides is 1. The molecule has 6 nitrogen and oxygen atoms in total.